The van der Waals surface area contributed by atoms with E-state index in [0.29, 0.717) is 0 Å². The Bertz CT molecular complexity index is 317. The molecule has 13 heavy (non-hydrogen) atoms. The fourth-order valence-corrected chi connectivity index (χ4v) is 1.38. The molecule has 0 aliphatic carbocycles. The van der Waals surface area contributed by atoms with Gasteiger partial charge >= 0.3 is 0 Å². The summed E-state index contributed by atoms with van der Waals surface area (Å²) in [6, 6.07) is 1.51. The van der Waals surface area contributed by atoms with Gasteiger partial charge in [0.2, 0.25) is 0 Å². The topological polar surface area (TPSA) is 32.9 Å². The number of pyridine rings is 1. The molecule has 1 rings (SSSR count). The van der Waals surface area contributed by atoms with E-state index in [0.717, 1.165) is 10.6 Å². The SMILES string of the molecule is C=CSc1c(C)[nH]ccc1=O.CC. The van der Waals surface area contributed by atoms with Gasteiger partial charge in [-0.25, -0.2) is 0 Å². The Morgan fingerprint density at radius 3 is 2.62 bits per heavy atom. The number of nitrogens with one attached hydrogen (secondary N) is 1. The number of aryl methyl sites for hydroxylation is 1. The van der Waals surface area contributed by atoms with Crippen molar-refractivity contribution in [2.75, 3.05) is 0 Å². The lowest BCUT2D eigenvalue weighted by atomic mass is 10.4. The summed E-state index contributed by atoms with van der Waals surface area (Å²) in [6.45, 7) is 9.42. The average Bonchev–Trinajstić information content (AvgIpc) is 2.15. The van der Waals surface area contributed by atoms with E-state index in [1.807, 2.05) is 20.8 Å². The molecule has 0 saturated carbocycles. The molecule has 1 heterocycles. The van der Waals surface area contributed by atoms with Crippen LogP contribution in [0.5, 0.6) is 0 Å². The third-order valence-corrected chi connectivity index (χ3v) is 2.21. The highest BCUT2D eigenvalue weighted by atomic mass is 32.2. The second kappa shape index (κ2) is 6.54. The molecule has 3 heteroatoms. The predicted molar refractivity (Wildman–Crippen MR) is 59.2 cm³/mol. The zero-order valence-corrected chi connectivity index (χ0v) is 9.07. The van der Waals surface area contributed by atoms with Crippen LogP contribution in [0.2, 0.25) is 0 Å². The Labute approximate surface area is 83.1 Å². The van der Waals surface area contributed by atoms with Gasteiger partial charge in [0.1, 0.15) is 0 Å². The molecule has 0 amide bonds. The first kappa shape index (κ1) is 12.0. The lowest BCUT2D eigenvalue weighted by Gasteiger charge is -1.98. The fraction of sp³-hybridized carbons (Fsp3) is 0.300. The van der Waals surface area contributed by atoms with Gasteiger partial charge in [0, 0.05) is 18.0 Å². The van der Waals surface area contributed by atoms with Crippen LogP contribution in [0.25, 0.3) is 0 Å². The van der Waals surface area contributed by atoms with Crippen molar-refractivity contribution < 1.29 is 0 Å². The maximum atomic E-state index is 11.1. The highest BCUT2D eigenvalue weighted by molar-refractivity contribution is 8.02. The molecule has 1 aromatic heterocycles. The summed E-state index contributed by atoms with van der Waals surface area (Å²) in [5.41, 5.74) is 0.938. The van der Waals surface area contributed by atoms with Crippen molar-refractivity contribution in [3.05, 3.63) is 40.2 Å². The summed E-state index contributed by atoms with van der Waals surface area (Å²) in [4.78, 5) is 14.8. The van der Waals surface area contributed by atoms with E-state index in [-0.39, 0.29) is 5.43 Å². The number of aromatic amines is 1. The summed E-state index contributed by atoms with van der Waals surface area (Å²) >= 11 is 1.35. The van der Waals surface area contributed by atoms with Crippen molar-refractivity contribution in [2.24, 2.45) is 0 Å². The largest absolute Gasteiger partial charge is 0.364 e. The van der Waals surface area contributed by atoms with Crippen LogP contribution in [0.1, 0.15) is 19.5 Å². The first-order chi connectivity index (χ1) is 6.25. The molecule has 2 nitrogen and oxygen atoms in total. The molecule has 72 valence electrons. The molecule has 0 fully saturated rings. The van der Waals surface area contributed by atoms with Crippen molar-refractivity contribution >= 4 is 11.8 Å². The Morgan fingerprint density at radius 1 is 1.54 bits per heavy atom. The normalized spacial score (nSPS) is 8.54. The lowest BCUT2D eigenvalue weighted by Crippen LogP contribution is -2.04. The van der Waals surface area contributed by atoms with E-state index in [2.05, 4.69) is 11.6 Å². The predicted octanol–water partition coefficient (Wildman–Crippen LogP) is 2.95. The van der Waals surface area contributed by atoms with Crippen LogP contribution < -0.4 is 5.43 Å². The van der Waals surface area contributed by atoms with Crippen LogP contribution >= 0.6 is 11.8 Å². The first-order valence-corrected chi connectivity index (χ1v) is 5.09. The maximum absolute atomic E-state index is 11.1. The minimum atomic E-state index is 0.0474. The quantitative estimate of drug-likeness (QED) is 0.739. The van der Waals surface area contributed by atoms with Gasteiger partial charge in [-0.15, -0.1) is 0 Å². The molecule has 1 aromatic rings. The molecule has 0 saturated heterocycles. The molecule has 0 bridgehead atoms. The van der Waals surface area contributed by atoms with Gasteiger partial charge in [-0.2, -0.15) is 0 Å². The van der Waals surface area contributed by atoms with Gasteiger partial charge in [0.25, 0.3) is 0 Å². The third-order valence-electron chi connectivity index (χ3n) is 1.30. The van der Waals surface area contributed by atoms with Crippen molar-refractivity contribution in [2.45, 2.75) is 25.7 Å². The van der Waals surface area contributed by atoms with Crippen molar-refractivity contribution in [1.82, 2.24) is 4.98 Å². The minimum absolute atomic E-state index is 0.0474. The second-order valence-electron chi connectivity index (χ2n) is 2.08. The zero-order valence-electron chi connectivity index (χ0n) is 8.26. The summed E-state index contributed by atoms with van der Waals surface area (Å²) in [6.07, 6.45) is 1.64. The van der Waals surface area contributed by atoms with Crippen molar-refractivity contribution in [3.8, 4) is 0 Å². The number of aromatic nitrogens is 1. The molecule has 0 aliphatic rings. The van der Waals surface area contributed by atoms with E-state index in [1.54, 1.807) is 11.6 Å². The molecule has 0 unspecified atom stereocenters. The number of hydrogen-bond donors (Lipinski definition) is 1. The van der Waals surface area contributed by atoms with E-state index in [4.69, 9.17) is 0 Å². The molecule has 0 atom stereocenters. The fourth-order valence-electron chi connectivity index (χ4n) is 0.798. The van der Waals surface area contributed by atoms with E-state index in [1.165, 1.54) is 17.8 Å². The number of thioether (sulfide) groups is 1. The van der Waals surface area contributed by atoms with Gasteiger partial charge in [-0.1, -0.05) is 32.2 Å². The Hall–Kier alpha value is -0.960. The van der Waals surface area contributed by atoms with Crippen LogP contribution in [0, 0.1) is 6.92 Å². The number of H-pyrrole nitrogens is 1. The highest BCUT2D eigenvalue weighted by Crippen LogP contribution is 2.15. The Kier molecular flexibility index (Phi) is 6.06. The molecule has 0 aromatic carbocycles. The van der Waals surface area contributed by atoms with Crippen LogP contribution in [-0.2, 0) is 0 Å². The van der Waals surface area contributed by atoms with Crippen LogP contribution in [-0.4, -0.2) is 4.98 Å². The third kappa shape index (κ3) is 3.51. The lowest BCUT2D eigenvalue weighted by molar-refractivity contribution is 1.09. The van der Waals surface area contributed by atoms with E-state index in [9.17, 15) is 4.79 Å². The van der Waals surface area contributed by atoms with Gasteiger partial charge < -0.3 is 4.98 Å². The smallest absolute Gasteiger partial charge is 0.195 e. The van der Waals surface area contributed by atoms with Crippen LogP contribution in [0.4, 0.5) is 0 Å². The molecular weight excluding hydrogens is 182 g/mol. The van der Waals surface area contributed by atoms with Crippen molar-refractivity contribution in [3.63, 3.8) is 0 Å². The van der Waals surface area contributed by atoms with Crippen molar-refractivity contribution in [1.29, 1.82) is 0 Å². The molecule has 0 radical (unpaired) electrons. The standard InChI is InChI=1S/C8H9NOS.C2H6/c1-3-11-8-6(2)9-5-4-7(8)10;1-2/h3-5H,1H2,2H3,(H,9,10);1-2H3. The average molecular weight is 197 g/mol. The summed E-state index contributed by atoms with van der Waals surface area (Å²) < 4.78 is 0. The van der Waals surface area contributed by atoms with Gasteiger partial charge in [0.05, 0.1) is 4.90 Å². The van der Waals surface area contributed by atoms with Crippen LogP contribution in [0.3, 0.4) is 0 Å². The molecule has 0 spiro atoms. The summed E-state index contributed by atoms with van der Waals surface area (Å²) in [7, 11) is 0. The summed E-state index contributed by atoms with van der Waals surface area (Å²) in [5, 5.41) is 1.65. The highest BCUT2D eigenvalue weighted by Gasteiger charge is 1.99. The van der Waals surface area contributed by atoms with Gasteiger partial charge in [-0.3, -0.25) is 4.79 Å². The maximum Gasteiger partial charge on any atom is 0.195 e. The first-order valence-electron chi connectivity index (χ1n) is 4.21. The number of rotatable bonds is 2. The van der Waals surface area contributed by atoms with Gasteiger partial charge in [-0.05, 0) is 12.3 Å². The molecular formula is C10H15NOS. The molecule has 1 N–H and O–H groups in total. The monoisotopic (exact) mass is 197 g/mol. The van der Waals surface area contributed by atoms with Gasteiger partial charge in [0.15, 0.2) is 5.43 Å². The zero-order chi connectivity index (χ0) is 10.3. The van der Waals surface area contributed by atoms with E-state index < -0.39 is 0 Å². The Balaban J connectivity index is 0.000000671. The molecule has 0 aliphatic heterocycles. The van der Waals surface area contributed by atoms with Crippen LogP contribution in [0.15, 0.2) is 33.9 Å². The Morgan fingerprint density at radius 2 is 2.15 bits per heavy atom. The second-order valence-corrected chi connectivity index (χ2v) is 3.06. The minimum Gasteiger partial charge on any atom is -0.364 e. The van der Waals surface area contributed by atoms with E-state index >= 15 is 0 Å². The number of hydrogen-bond acceptors (Lipinski definition) is 2. The summed E-state index contributed by atoms with van der Waals surface area (Å²) in [5.74, 6) is 0.